The molecule has 0 saturated carbocycles. The number of anilines is 1. The Hall–Kier alpha value is -2.45. The molecule has 2 aromatic carbocycles. The maximum atomic E-state index is 6.25. The first kappa shape index (κ1) is 22.7. The molecule has 0 atom stereocenters. The molecule has 2 heterocycles. The monoisotopic (exact) mass is 488 g/mol. The van der Waals surface area contributed by atoms with Gasteiger partial charge in [0.25, 0.3) is 0 Å². The van der Waals surface area contributed by atoms with Crippen molar-refractivity contribution in [2.45, 2.75) is 18.3 Å². The van der Waals surface area contributed by atoms with Gasteiger partial charge in [-0.05, 0) is 54.9 Å². The summed E-state index contributed by atoms with van der Waals surface area (Å²) in [6.45, 7) is 1.99. The summed E-state index contributed by atoms with van der Waals surface area (Å²) in [6.07, 6.45) is 1.73. The minimum absolute atomic E-state index is 0.133. The number of hydrogen-bond donors (Lipinski definition) is 2. The Morgan fingerprint density at radius 2 is 1.81 bits per heavy atom. The van der Waals surface area contributed by atoms with Crippen molar-refractivity contribution >= 4 is 46.5 Å². The van der Waals surface area contributed by atoms with Crippen molar-refractivity contribution in [3.05, 3.63) is 76.4 Å². The highest BCUT2D eigenvalue weighted by molar-refractivity contribution is 7.80. The molecule has 0 aliphatic carbocycles. The Labute approximate surface area is 202 Å². The van der Waals surface area contributed by atoms with Crippen LogP contribution in [-0.4, -0.2) is 34.8 Å². The number of nitrogens with one attached hydrogen (secondary N) is 2. The average Bonchev–Trinajstić information content (AvgIpc) is 2.79. The van der Waals surface area contributed by atoms with Crippen molar-refractivity contribution in [3.63, 3.8) is 0 Å². The zero-order chi connectivity index (χ0) is 22.4. The van der Waals surface area contributed by atoms with E-state index in [2.05, 4.69) is 26.7 Å². The zero-order valence-corrected chi connectivity index (χ0v) is 19.5. The molecule has 3 aromatic rings. The van der Waals surface area contributed by atoms with E-state index in [9.17, 15) is 0 Å². The van der Waals surface area contributed by atoms with Crippen molar-refractivity contribution in [3.8, 4) is 11.6 Å². The first-order chi connectivity index (χ1) is 15.5. The maximum absolute atomic E-state index is 6.25. The van der Waals surface area contributed by atoms with Gasteiger partial charge in [0.2, 0.25) is 11.8 Å². The van der Waals surface area contributed by atoms with Crippen LogP contribution in [0.2, 0.25) is 10.2 Å². The Morgan fingerprint density at radius 1 is 1.03 bits per heavy atom. The molecule has 0 unspecified atom stereocenters. The molecular weight excluding hydrogens is 467 g/mol. The fraction of sp³-hybridized carbons (Fsp3) is 0.261. The number of aromatic nitrogens is 2. The molecule has 166 valence electrons. The second kappa shape index (κ2) is 10.4. The van der Waals surface area contributed by atoms with Crippen molar-refractivity contribution in [1.29, 1.82) is 0 Å². The van der Waals surface area contributed by atoms with Gasteiger partial charge in [-0.25, -0.2) is 4.98 Å². The van der Waals surface area contributed by atoms with Crippen LogP contribution in [0, 0.1) is 0 Å². The third-order valence-corrected chi connectivity index (χ3v) is 6.01. The van der Waals surface area contributed by atoms with Gasteiger partial charge in [-0.3, -0.25) is 0 Å². The van der Waals surface area contributed by atoms with Crippen molar-refractivity contribution in [2.24, 2.45) is 0 Å². The Morgan fingerprint density at radius 3 is 2.56 bits per heavy atom. The lowest BCUT2D eigenvalue weighted by Gasteiger charge is -2.38. The second-order valence-corrected chi connectivity index (χ2v) is 8.71. The molecule has 32 heavy (non-hydrogen) atoms. The number of para-hydroxylation sites is 1. The van der Waals surface area contributed by atoms with E-state index in [0.717, 1.165) is 12.8 Å². The molecule has 1 saturated heterocycles. The summed E-state index contributed by atoms with van der Waals surface area (Å²) in [5, 5.41) is 7.67. The lowest BCUT2D eigenvalue weighted by molar-refractivity contribution is 0.0515. The summed E-state index contributed by atoms with van der Waals surface area (Å²) in [4.78, 5) is 8.55. The number of ether oxygens (including phenoxy) is 2. The predicted octanol–water partition coefficient (Wildman–Crippen LogP) is 5.61. The van der Waals surface area contributed by atoms with E-state index in [4.69, 9.17) is 44.9 Å². The quantitative estimate of drug-likeness (QED) is 0.345. The van der Waals surface area contributed by atoms with Gasteiger partial charge in [0.1, 0.15) is 10.9 Å². The van der Waals surface area contributed by atoms with Gasteiger partial charge in [-0.15, -0.1) is 0 Å². The minimum atomic E-state index is -0.133. The highest BCUT2D eigenvalue weighted by atomic mass is 35.5. The van der Waals surface area contributed by atoms with Gasteiger partial charge >= 0.3 is 0 Å². The summed E-state index contributed by atoms with van der Waals surface area (Å²) >= 11 is 17.9. The lowest BCUT2D eigenvalue weighted by atomic mass is 9.74. The van der Waals surface area contributed by atoms with Crippen LogP contribution >= 0.6 is 35.4 Å². The SMILES string of the molecule is S=C(NCC1(c2cccc(Cl)c2)CCOCC1)Nc1nc(Cl)cc(Oc2ccccc2)n1. The summed E-state index contributed by atoms with van der Waals surface area (Å²) in [6, 6.07) is 18.8. The molecule has 0 amide bonds. The summed E-state index contributed by atoms with van der Waals surface area (Å²) in [5.41, 5.74) is 1.03. The number of hydrogen-bond acceptors (Lipinski definition) is 5. The van der Waals surface area contributed by atoms with Crippen LogP contribution < -0.4 is 15.4 Å². The number of halogens is 2. The molecule has 2 N–H and O–H groups in total. The lowest BCUT2D eigenvalue weighted by Crippen LogP contribution is -2.45. The van der Waals surface area contributed by atoms with Gasteiger partial charge in [0, 0.05) is 36.3 Å². The summed E-state index contributed by atoms with van der Waals surface area (Å²) in [7, 11) is 0. The molecule has 9 heteroatoms. The second-order valence-electron chi connectivity index (χ2n) is 7.48. The predicted molar refractivity (Wildman–Crippen MR) is 131 cm³/mol. The number of nitrogens with zero attached hydrogens (tertiary/aromatic N) is 2. The normalized spacial score (nSPS) is 15.1. The van der Waals surface area contributed by atoms with Crippen molar-refractivity contribution in [2.75, 3.05) is 25.1 Å². The van der Waals surface area contributed by atoms with E-state index < -0.39 is 0 Å². The molecule has 1 aliphatic heterocycles. The van der Waals surface area contributed by atoms with Gasteiger partial charge in [-0.1, -0.05) is 53.5 Å². The number of rotatable bonds is 6. The van der Waals surface area contributed by atoms with E-state index >= 15 is 0 Å². The largest absolute Gasteiger partial charge is 0.439 e. The summed E-state index contributed by atoms with van der Waals surface area (Å²) in [5.74, 6) is 1.22. The third-order valence-electron chi connectivity index (χ3n) is 5.34. The van der Waals surface area contributed by atoms with E-state index in [1.165, 1.54) is 5.56 Å². The first-order valence-corrected chi connectivity index (χ1v) is 11.3. The van der Waals surface area contributed by atoms with Crippen LogP contribution in [0.1, 0.15) is 18.4 Å². The van der Waals surface area contributed by atoms with E-state index in [1.807, 2.05) is 48.5 Å². The molecule has 4 rings (SSSR count). The van der Waals surface area contributed by atoms with Crippen LogP contribution in [0.15, 0.2) is 60.7 Å². The Bertz CT molecular complexity index is 1080. The third kappa shape index (κ3) is 5.86. The van der Waals surface area contributed by atoms with E-state index in [-0.39, 0.29) is 16.5 Å². The van der Waals surface area contributed by atoms with Crippen LogP contribution in [0.4, 0.5) is 5.95 Å². The highest BCUT2D eigenvalue weighted by Gasteiger charge is 2.34. The smallest absolute Gasteiger partial charge is 0.233 e. The maximum Gasteiger partial charge on any atom is 0.233 e. The minimum Gasteiger partial charge on any atom is -0.439 e. The van der Waals surface area contributed by atoms with Gasteiger partial charge in [0.05, 0.1) is 0 Å². The fourth-order valence-corrected chi connectivity index (χ4v) is 4.18. The van der Waals surface area contributed by atoms with Crippen LogP contribution in [0.3, 0.4) is 0 Å². The highest BCUT2D eigenvalue weighted by Crippen LogP contribution is 2.35. The Kier molecular flexibility index (Phi) is 7.42. The van der Waals surface area contributed by atoms with Crippen LogP contribution in [-0.2, 0) is 10.2 Å². The van der Waals surface area contributed by atoms with Gasteiger partial charge in [-0.2, -0.15) is 4.98 Å². The molecule has 0 radical (unpaired) electrons. The number of benzene rings is 2. The van der Waals surface area contributed by atoms with Gasteiger partial charge in [0.15, 0.2) is 5.11 Å². The zero-order valence-electron chi connectivity index (χ0n) is 17.2. The van der Waals surface area contributed by atoms with Crippen LogP contribution in [0.5, 0.6) is 11.6 Å². The molecule has 0 spiro atoms. The van der Waals surface area contributed by atoms with Crippen LogP contribution in [0.25, 0.3) is 0 Å². The summed E-state index contributed by atoms with van der Waals surface area (Å²) < 4.78 is 11.4. The standard InChI is InChI=1S/C23H22Cl2N4O2S/c24-17-6-4-5-16(13-17)23(9-11-30-12-10-23)15-26-22(32)29-21-27-19(25)14-20(28-21)31-18-7-2-1-3-8-18/h1-8,13-14H,9-12,15H2,(H2,26,27,28,29,32). The molecule has 0 bridgehead atoms. The van der Waals surface area contributed by atoms with E-state index in [1.54, 1.807) is 6.07 Å². The van der Waals surface area contributed by atoms with Crippen molar-refractivity contribution in [1.82, 2.24) is 15.3 Å². The molecule has 1 fully saturated rings. The molecule has 6 nitrogen and oxygen atoms in total. The Balaban J connectivity index is 1.43. The van der Waals surface area contributed by atoms with Crippen molar-refractivity contribution < 1.29 is 9.47 Å². The fourth-order valence-electron chi connectivity index (χ4n) is 3.66. The number of thiocarbonyl (C=S) groups is 1. The molecule has 1 aromatic heterocycles. The topological polar surface area (TPSA) is 68.3 Å². The average molecular weight is 489 g/mol. The van der Waals surface area contributed by atoms with Gasteiger partial charge < -0.3 is 20.1 Å². The molecule has 1 aliphatic rings. The first-order valence-electron chi connectivity index (χ1n) is 10.2. The molecular formula is C23H22Cl2N4O2S. The van der Waals surface area contributed by atoms with E-state index in [0.29, 0.717) is 41.5 Å².